The van der Waals surface area contributed by atoms with Crippen LogP contribution in [-0.4, -0.2) is 55.9 Å². The second-order valence-electron chi connectivity index (χ2n) is 12.0. The van der Waals surface area contributed by atoms with E-state index in [1.165, 1.54) is 0 Å². The van der Waals surface area contributed by atoms with Crippen LogP contribution in [-0.2, 0) is 4.79 Å². The molecule has 0 spiro atoms. The molecule has 7 rings (SSSR count). The van der Waals surface area contributed by atoms with E-state index in [-0.39, 0.29) is 17.9 Å². The summed E-state index contributed by atoms with van der Waals surface area (Å²) in [5.41, 5.74) is 5.59. The van der Waals surface area contributed by atoms with Gasteiger partial charge in [0.05, 0.1) is 30.4 Å². The van der Waals surface area contributed by atoms with E-state index in [0.717, 1.165) is 40.9 Å². The predicted molar refractivity (Wildman–Crippen MR) is 193 cm³/mol. The van der Waals surface area contributed by atoms with Crippen LogP contribution in [0.4, 0.5) is 5.69 Å². The molecule has 9 nitrogen and oxygen atoms in total. The molecular formula is C38H34Cl2N6O3. The molecule has 3 aromatic heterocycles. The minimum absolute atomic E-state index is 0.153. The summed E-state index contributed by atoms with van der Waals surface area (Å²) in [4.78, 5) is 40.9. The Morgan fingerprint density at radius 2 is 1.80 bits per heavy atom. The van der Waals surface area contributed by atoms with Crippen LogP contribution in [0.3, 0.4) is 0 Å². The van der Waals surface area contributed by atoms with Crippen molar-refractivity contribution in [3.8, 4) is 28.4 Å². The Labute approximate surface area is 293 Å². The summed E-state index contributed by atoms with van der Waals surface area (Å²) in [5, 5.41) is 5.05. The van der Waals surface area contributed by atoms with Gasteiger partial charge in [0.1, 0.15) is 11.4 Å². The summed E-state index contributed by atoms with van der Waals surface area (Å²) in [5.74, 6) is 0.102. The highest BCUT2D eigenvalue weighted by Crippen LogP contribution is 2.41. The van der Waals surface area contributed by atoms with E-state index in [4.69, 9.17) is 32.9 Å². The van der Waals surface area contributed by atoms with Gasteiger partial charge in [-0.15, -0.1) is 0 Å². The molecule has 2 amide bonds. The minimum atomic E-state index is -0.381. The number of carbonyl (C=O) groups excluding carboxylic acids is 2. The Bertz CT molecular complexity index is 2130. The van der Waals surface area contributed by atoms with Gasteiger partial charge in [-0.05, 0) is 61.7 Å². The molecule has 1 saturated heterocycles. The van der Waals surface area contributed by atoms with Gasteiger partial charge in [-0.25, -0.2) is 9.97 Å². The number of nitrogens with one attached hydrogen (secondary N) is 2. The fourth-order valence-electron chi connectivity index (χ4n) is 6.35. The van der Waals surface area contributed by atoms with Crippen LogP contribution < -0.4 is 10.1 Å². The zero-order valence-corrected chi connectivity index (χ0v) is 28.3. The average molecular weight is 694 g/mol. The Kier molecular flexibility index (Phi) is 9.37. The molecular weight excluding hydrogens is 659 g/mol. The van der Waals surface area contributed by atoms with Crippen molar-refractivity contribution in [2.45, 2.75) is 32.2 Å². The molecule has 0 saturated carbocycles. The molecule has 2 N–H and O–H groups in total. The quantitative estimate of drug-likeness (QED) is 0.132. The number of H-pyrrole nitrogens is 1. The molecule has 11 heteroatoms. The predicted octanol–water partition coefficient (Wildman–Crippen LogP) is 8.65. The largest absolute Gasteiger partial charge is 0.476 e. The van der Waals surface area contributed by atoms with E-state index in [0.29, 0.717) is 64.4 Å². The van der Waals surface area contributed by atoms with Gasteiger partial charge in [-0.1, -0.05) is 71.7 Å². The molecule has 0 radical (unpaired) electrons. The first kappa shape index (κ1) is 32.4. The first-order valence-corrected chi connectivity index (χ1v) is 17.0. The first-order valence-electron chi connectivity index (χ1n) is 16.2. The molecule has 1 aliphatic rings. The van der Waals surface area contributed by atoms with Gasteiger partial charge in [0, 0.05) is 57.8 Å². The summed E-state index contributed by atoms with van der Waals surface area (Å²) >= 11 is 12.7. The third kappa shape index (κ3) is 6.77. The van der Waals surface area contributed by atoms with Crippen molar-refractivity contribution in [3.63, 3.8) is 0 Å². The van der Waals surface area contributed by atoms with Crippen LogP contribution in [0.15, 0.2) is 97.5 Å². The zero-order valence-electron chi connectivity index (χ0n) is 26.8. The molecule has 248 valence electrons. The highest BCUT2D eigenvalue weighted by molar-refractivity contribution is 6.31. The third-order valence-electron chi connectivity index (χ3n) is 8.84. The maximum Gasteiger partial charge on any atom is 0.272 e. The van der Waals surface area contributed by atoms with E-state index in [2.05, 4.69) is 26.8 Å². The molecule has 4 heterocycles. The maximum absolute atomic E-state index is 14.4. The number of ether oxygens (including phenoxy) is 1. The van der Waals surface area contributed by atoms with Crippen LogP contribution >= 0.6 is 23.2 Å². The van der Waals surface area contributed by atoms with E-state index in [1.54, 1.807) is 18.3 Å². The lowest BCUT2D eigenvalue weighted by atomic mass is 9.99. The van der Waals surface area contributed by atoms with Gasteiger partial charge in [-0.3, -0.25) is 9.59 Å². The normalized spacial score (nSPS) is 13.6. The number of hydrogen-bond acceptors (Lipinski definition) is 5. The lowest BCUT2D eigenvalue weighted by Gasteiger charge is -2.19. The number of pyridine rings is 1. The number of likely N-dealkylation sites (tertiary alicyclic amines) is 1. The Hall–Kier alpha value is -5.12. The van der Waals surface area contributed by atoms with E-state index >= 15 is 0 Å². The van der Waals surface area contributed by atoms with Gasteiger partial charge < -0.3 is 24.5 Å². The number of aromatic nitrogens is 4. The van der Waals surface area contributed by atoms with Gasteiger partial charge in [-0.2, -0.15) is 0 Å². The summed E-state index contributed by atoms with van der Waals surface area (Å²) < 4.78 is 8.10. The summed E-state index contributed by atoms with van der Waals surface area (Å²) in [6.45, 7) is 3.85. The van der Waals surface area contributed by atoms with Crippen molar-refractivity contribution in [1.29, 1.82) is 0 Å². The maximum atomic E-state index is 14.4. The molecule has 1 atom stereocenters. The lowest BCUT2D eigenvalue weighted by Crippen LogP contribution is -2.26. The fraction of sp³-hybridized carbons (Fsp3) is 0.211. The van der Waals surface area contributed by atoms with Crippen LogP contribution in [0.2, 0.25) is 10.0 Å². The lowest BCUT2D eigenvalue weighted by molar-refractivity contribution is -0.127. The Morgan fingerprint density at radius 3 is 2.57 bits per heavy atom. The van der Waals surface area contributed by atoms with Crippen LogP contribution in [0, 0.1) is 0 Å². The third-order valence-corrected chi connectivity index (χ3v) is 9.32. The smallest absolute Gasteiger partial charge is 0.272 e. The summed E-state index contributed by atoms with van der Waals surface area (Å²) in [6.07, 6.45) is 5.59. The number of amides is 2. The monoisotopic (exact) mass is 692 g/mol. The molecule has 3 aromatic carbocycles. The van der Waals surface area contributed by atoms with Gasteiger partial charge in [0.15, 0.2) is 0 Å². The van der Waals surface area contributed by atoms with Crippen molar-refractivity contribution < 1.29 is 14.3 Å². The molecule has 0 unspecified atom stereocenters. The van der Waals surface area contributed by atoms with Crippen molar-refractivity contribution >= 4 is 51.6 Å². The van der Waals surface area contributed by atoms with Crippen LogP contribution in [0.5, 0.6) is 5.88 Å². The number of hydrogen-bond donors (Lipinski definition) is 2. The van der Waals surface area contributed by atoms with Crippen molar-refractivity contribution in [1.82, 2.24) is 24.4 Å². The minimum Gasteiger partial charge on any atom is -0.476 e. The van der Waals surface area contributed by atoms with Gasteiger partial charge >= 0.3 is 0 Å². The SMILES string of the molecule is C[C@@H](c1ccc(Cl)cc1)n1cnc(-c2ccccc2)c1-c1c(C(=O)Nc2cccnc2OCCCN2CCCC2=O)[nH]c2cc(Cl)ccc12. The second-order valence-corrected chi connectivity index (χ2v) is 12.9. The van der Waals surface area contributed by atoms with E-state index < -0.39 is 0 Å². The van der Waals surface area contributed by atoms with Gasteiger partial charge in [0.2, 0.25) is 11.8 Å². The second kappa shape index (κ2) is 14.2. The number of benzene rings is 3. The van der Waals surface area contributed by atoms with E-state index in [1.807, 2.05) is 84.0 Å². The first-order chi connectivity index (χ1) is 23.9. The number of halogens is 2. The number of anilines is 1. The number of aromatic amines is 1. The number of imidazole rings is 1. The number of carbonyl (C=O) groups is 2. The van der Waals surface area contributed by atoms with Crippen LogP contribution in [0.1, 0.15) is 48.3 Å². The number of rotatable bonds is 11. The zero-order chi connectivity index (χ0) is 33.9. The molecule has 1 aliphatic heterocycles. The van der Waals surface area contributed by atoms with Gasteiger partial charge in [0.25, 0.3) is 5.91 Å². The van der Waals surface area contributed by atoms with E-state index in [9.17, 15) is 9.59 Å². The molecule has 0 bridgehead atoms. The molecule has 49 heavy (non-hydrogen) atoms. The standard InChI is InChI=1S/C38H34Cl2N6O3/c1-24(25-12-14-27(39)15-13-25)46-23-42-34(26-8-3-2-4-9-26)36(46)33-29-17-16-28(40)22-31(29)43-35(33)37(48)44-30-10-5-18-41-38(30)49-21-7-20-45-19-6-11-32(45)47/h2-5,8-10,12-18,22-24,43H,6-7,11,19-21H2,1H3,(H,44,48)/t24-/m0/s1. The molecule has 6 aromatic rings. The Morgan fingerprint density at radius 1 is 1.00 bits per heavy atom. The fourth-order valence-corrected chi connectivity index (χ4v) is 6.65. The molecule has 0 aliphatic carbocycles. The van der Waals surface area contributed by atoms with Crippen LogP contribution in [0.25, 0.3) is 33.4 Å². The summed E-state index contributed by atoms with van der Waals surface area (Å²) in [7, 11) is 0. The highest BCUT2D eigenvalue weighted by Gasteiger charge is 2.28. The summed E-state index contributed by atoms with van der Waals surface area (Å²) in [6, 6.07) is 26.5. The topological polar surface area (TPSA) is 105 Å². The highest BCUT2D eigenvalue weighted by atomic mass is 35.5. The average Bonchev–Trinajstić information content (AvgIpc) is 3.84. The number of nitrogens with zero attached hydrogens (tertiary/aromatic N) is 4. The number of fused-ring (bicyclic) bond motifs is 1. The van der Waals surface area contributed by atoms with Crippen molar-refractivity contribution in [3.05, 3.63) is 119 Å². The Balaban J connectivity index is 1.28. The molecule has 1 fully saturated rings. The van der Waals surface area contributed by atoms with Crippen molar-refractivity contribution in [2.75, 3.05) is 25.0 Å². The van der Waals surface area contributed by atoms with Crippen molar-refractivity contribution in [2.24, 2.45) is 0 Å².